The number of ketones is 1. The van der Waals surface area contributed by atoms with Crippen molar-refractivity contribution in [3.05, 3.63) is 64.7 Å². The number of carboxylic acid groups (broad SMARTS) is 1. The van der Waals surface area contributed by atoms with Crippen molar-refractivity contribution in [3.63, 3.8) is 0 Å². The maximum Gasteiger partial charge on any atom is 0.326 e. The van der Waals surface area contributed by atoms with Crippen molar-refractivity contribution in [2.75, 3.05) is 5.73 Å². The molecule has 1 aliphatic heterocycles. The molecule has 6 heteroatoms. The topological polar surface area (TPSA) is 101 Å². The highest BCUT2D eigenvalue weighted by atomic mass is 16.4. The molecule has 39 heavy (non-hydrogen) atoms. The van der Waals surface area contributed by atoms with Crippen LogP contribution in [-0.4, -0.2) is 33.7 Å². The van der Waals surface area contributed by atoms with Crippen LogP contribution < -0.4 is 5.73 Å². The molecule has 3 N–H and O–H groups in total. The maximum atomic E-state index is 13.3. The van der Waals surface area contributed by atoms with E-state index >= 15 is 0 Å². The number of fused-ring (bicyclic) bond motifs is 1. The van der Waals surface area contributed by atoms with Gasteiger partial charge < -0.3 is 15.7 Å². The van der Waals surface area contributed by atoms with E-state index in [1.165, 1.54) is 69.1 Å². The van der Waals surface area contributed by atoms with Gasteiger partial charge in [-0.2, -0.15) is 0 Å². The second-order valence-electron chi connectivity index (χ2n) is 11.0. The van der Waals surface area contributed by atoms with E-state index in [-0.39, 0.29) is 30.0 Å². The molecular weight excluding hydrogens is 488 g/mol. The second-order valence-corrected chi connectivity index (χ2v) is 11.0. The Hall–Kier alpha value is -3.15. The molecule has 0 aliphatic carbocycles. The van der Waals surface area contributed by atoms with Gasteiger partial charge in [0, 0.05) is 30.6 Å². The Morgan fingerprint density at radius 1 is 0.821 bits per heavy atom. The molecule has 0 radical (unpaired) electrons. The van der Waals surface area contributed by atoms with E-state index in [0.717, 1.165) is 30.4 Å². The Bertz CT molecular complexity index is 1100. The van der Waals surface area contributed by atoms with Crippen molar-refractivity contribution in [1.82, 2.24) is 4.90 Å². The van der Waals surface area contributed by atoms with Crippen LogP contribution in [0, 0.1) is 0 Å². The Morgan fingerprint density at radius 3 is 1.95 bits per heavy atom. The monoisotopic (exact) mass is 534 g/mol. The number of nitrogen functional groups attached to an aromatic ring is 1. The summed E-state index contributed by atoms with van der Waals surface area (Å²) in [6.07, 6.45) is 17.1. The lowest BCUT2D eigenvalue weighted by atomic mass is 9.93. The summed E-state index contributed by atoms with van der Waals surface area (Å²) in [5.41, 5.74) is 9.03. The maximum absolute atomic E-state index is 13.3. The summed E-state index contributed by atoms with van der Waals surface area (Å²) in [5, 5.41) is 9.76. The zero-order chi connectivity index (χ0) is 28.0. The summed E-state index contributed by atoms with van der Waals surface area (Å²) in [7, 11) is 0. The van der Waals surface area contributed by atoms with Gasteiger partial charge in [-0.3, -0.25) is 9.59 Å². The van der Waals surface area contributed by atoms with Gasteiger partial charge in [0.1, 0.15) is 6.04 Å². The van der Waals surface area contributed by atoms with E-state index < -0.39 is 17.9 Å². The fourth-order valence-corrected chi connectivity index (χ4v) is 5.49. The van der Waals surface area contributed by atoms with E-state index in [1.807, 2.05) is 24.3 Å². The van der Waals surface area contributed by atoms with Gasteiger partial charge in [-0.25, -0.2) is 4.79 Å². The summed E-state index contributed by atoms with van der Waals surface area (Å²) in [5.74, 6) is -1.44. The molecular formula is C33H46N2O4. The van der Waals surface area contributed by atoms with Gasteiger partial charge in [0.05, 0.1) is 5.56 Å². The van der Waals surface area contributed by atoms with Crippen molar-refractivity contribution in [2.45, 2.75) is 116 Å². The number of aliphatic carboxylic acids is 1. The molecule has 2 aromatic rings. The summed E-state index contributed by atoms with van der Waals surface area (Å²) >= 11 is 0. The van der Waals surface area contributed by atoms with Crippen LogP contribution in [0.15, 0.2) is 42.5 Å². The van der Waals surface area contributed by atoms with Crippen molar-refractivity contribution < 1.29 is 19.5 Å². The van der Waals surface area contributed by atoms with E-state index in [2.05, 4.69) is 6.92 Å². The zero-order valence-corrected chi connectivity index (χ0v) is 23.6. The highest BCUT2D eigenvalue weighted by molar-refractivity contribution is 6.04. The molecule has 2 aromatic carbocycles. The molecule has 0 aromatic heterocycles. The molecule has 1 atom stereocenters. The van der Waals surface area contributed by atoms with Crippen LogP contribution in [0.5, 0.6) is 0 Å². The number of unbranched alkanes of at least 4 members (excludes halogenated alkanes) is 12. The molecule has 0 saturated heterocycles. The minimum Gasteiger partial charge on any atom is -0.480 e. The molecule has 1 unspecified atom stereocenters. The number of Topliss-reactive ketones (excluding diaryl/α,β-unsaturated/α-hetero) is 1. The average molecular weight is 535 g/mol. The number of hydrogen-bond acceptors (Lipinski definition) is 4. The summed E-state index contributed by atoms with van der Waals surface area (Å²) < 4.78 is 0. The molecule has 0 bridgehead atoms. The Labute approximate surface area is 234 Å². The lowest BCUT2D eigenvalue weighted by Gasteiger charge is -2.34. The Kier molecular flexibility index (Phi) is 12.5. The van der Waals surface area contributed by atoms with Crippen LogP contribution in [0.4, 0.5) is 5.69 Å². The van der Waals surface area contributed by atoms with Crippen LogP contribution in [0.25, 0.3) is 0 Å². The van der Waals surface area contributed by atoms with Gasteiger partial charge in [-0.1, -0.05) is 114 Å². The van der Waals surface area contributed by atoms with E-state index in [1.54, 1.807) is 18.2 Å². The van der Waals surface area contributed by atoms with Gasteiger partial charge in [0.15, 0.2) is 5.78 Å². The van der Waals surface area contributed by atoms with Crippen LogP contribution in [-0.2, 0) is 17.8 Å². The van der Waals surface area contributed by atoms with Gasteiger partial charge in [0.2, 0.25) is 0 Å². The molecule has 0 saturated carbocycles. The number of anilines is 1. The predicted octanol–water partition coefficient (Wildman–Crippen LogP) is 7.58. The first-order chi connectivity index (χ1) is 18.9. The van der Waals surface area contributed by atoms with Crippen molar-refractivity contribution in [3.8, 4) is 0 Å². The summed E-state index contributed by atoms with van der Waals surface area (Å²) in [4.78, 5) is 39.4. The van der Waals surface area contributed by atoms with Gasteiger partial charge in [-0.05, 0) is 29.7 Å². The molecule has 0 spiro atoms. The zero-order valence-electron chi connectivity index (χ0n) is 23.6. The Balaban J connectivity index is 1.41. The van der Waals surface area contributed by atoms with Gasteiger partial charge >= 0.3 is 5.97 Å². The van der Waals surface area contributed by atoms with Gasteiger partial charge in [-0.15, -0.1) is 0 Å². The summed E-state index contributed by atoms with van der Waals surface area (Å²) in [6.45, 7) is 2.47. The largest absolute Gasteiger partial charge is 0.480 e. The molecule has 212 valence electrons. The highest BCUT2D eigenvalue weighted by Crippen LogP contribution is 2.27. The van der Waals surface area contributed by atoms with E-state index in [4.69, 9.17) is 5.73 Å². The predicted molar refractivity (Wildman–Crippen MR) is 157 cm³/mol. The third-order valence-electron chi connectivity index (χ3n) is 7.91. The minimum atomic E-state index is -1.04. The third kappa shape index (κ3) is 9.22. The SMILES string of the molecule is CCCCCCCCCCCCCCCC(=O)c1ccc(C(=O)N2Cc3ccccc3CC2C(=O)O)c(N)c1. The second kappa shape index (κ2) is 16.1. The van der Waals surface area contributed by atoms with E-state index in [9.17, 15) is 19.5 Å². The van der Waals surface area contributed by atoms with Crippen LogP contribution in [0.2, 0.25) is 0 Å². The molecule has 1 amide bonds. The number of amides is 1. The first kappa shape index (κ1) is 30.4. The van der Waals surface area contributed by atoms with Crippen LogP contribution >= 0.6 is 0 Å². The number of carbonyl (C=O) groups excluding carboxylic acids is 2. The molecule has 1 aliphatic rings. The van der Waals surface area contributed by atoms with Crippen molar-refractivity contribution in [2.24, 2.45) is 0 Å². The first-order valence-electron chi connectivity index (χ1n) is 15.0. The molecule has 6 nitrogen and oxygen atoms in total. The van der Waals surface area contributed by atoms with Crippen molar-refractivity contribution in [1.29, 1.82) is 0 Å². The highest BCUT2D eigenvalue weighted by Gasteiger charge is 2.35. The van der Waals surface area contributed by atoms with Crippen LogP contribution in [0.3, 0.4) is 0 Å². The number of rotatable bonds is 17. The lowest BCUT2D eigenvalue weighted by molar-refractivity contribution is -0.142. The van der Waals surface area contributed by atoms with Crippen molar-refractivity contribution >= 4 is 23.3 Å². The first-order valence-corrected chi connectivity index (χ1v) is 15.0. The number of benzene rings is 2. The molecule has 0 fully saturated rings. The normalized spacial score (nSPS) is 14.7. The smallest absolute Gasteiger partial charge is 0.326 e. The average Bonchev–Trinajstić information content (AvgIpc) is 2.94. The number of hydrogen-bond donors (Lipinski definition) is 2. The van der Waals surface area contributed by atoms with Crippen LogP contribution in [0.1, 0.15) is 129 Å². The molecule has 1 heterocycles. The Morgan fingerprint density at radius 2 is 1.38 bits per heavy atom. The minimum absolute atomic E-state index is 0.0269. The fourth-order valence-electron chi connectivity index (χ4n) is 5.49. The van der Waals surface area contributed by atoms with E-state index in [0.29, 0.717) is 12.0 Å². The van der Waals surface area contributed by atoms with Gasteiger partial charge in [0.25, 0.3) is 5.91 Å². The quantitative estimate of drug-likeness (QED) is 0.124. The third-order valence-corrected chi connectivity index (χ3v) is 7.91. The standard InChI is InChI=1S/C33H46N2O4/c1-2-3-4-5-6-7-8-9-10-11-12-13-14-19-31(36)26-20-21-28(29(34)22-26)32(37)35-24-27-18-16-15-17-25(27)23-30(35)33(38)39/h15-18,20-22,30H,2-14,19,23-24,34H2,1H3,(H,38,39). The number of nitrogens with zero attached hydrogens (tertiary/aromatic N) is 1. The molecule has 3 rings (SSSR count). The fraction of sp³-hybridized carbons (Fsp3) is 0.545. The number of carboxylic acids is 1. The number of carbonyl (C=O) groups is 3. The lowest BCUT2D eigenvalue weighted by Crippen LogP contribution is -2.48. The summed E-state index contributed by atoms with van der Waals surface area (Å²) in [6, 6.07) is 11.4. The number of nitrogens with two attached hydrogens (primary N) is 1.